The minimum Gasteiger partial charge on any atom is -0.314 e. The average Bonchev–Trinajstić information content (AvgIpc) is 2.24. The van der Waals surface area contributed by atoms with Crippen LogP contribution in [0.3, 0.4) is 0 Å². The molecule has 0 bridgehead atoms. The van der Waals surface area contributed by atoms with Gasteiger partial charge < -0.3 is 10.2 Å². The molecular weight excluding hydrogens is 208 g/mol. The smallest absolute Gasteiger partial charge is 0.0438 e. The number of nitrogens with zero attached hydrogens (tertiary/aromatic N) is 1. The van der Waals surface area contributed by atoms with E-state index in [1.807, 2.05) is 12.1 Å². The number of hydrogen-bond acceptors (Lipinski definition) is 2. The molecule has 1 fully saturated rings. The highest BCUT2D eigenvalue weighted by Crippen LogP contribution is 2.18. The molecule has 1 saturated heterocycles. The fourth-order valence-corrected chi connectivity index (χ4v) is 2.22. The Kier molecular flexibility index (Phi) is 3.62. The van der Waals surface area contributed by atoms with Crippen molar-refractivity contribution in [2.75, 3.05) is 26.7 Å². The van der Waals surface area contributed by atoms with Gasteiger partial charge in [0, 0.05) is 30.7 Å². The zero-order valence-electron chi connectivity index (χ0n) is 9.04. The van der Waals surface area contributed by atoms with Gasteiger partial charge >= 0.3 is 0 Å². The van der Waals surface area contributed by atoms with Gasteiger partial charge in [0.05, 0.1) is 0 Å². The molecule has 0 aromatic heterocycles. The normalized spacial score (nSPS) is 22.9. The number of halogens is 1. The van der Waals surface area contributed by atoms with E-state index < -0.39 is 0 Å². The lowest BCUT2D eigenvalue weighted by molar-refractivity contribution is 0.199. The Labute approximate surface area is 96.2 Å². The van der Waals surface area contributed by atoms with E-state index in [9.17, 15) is 0 Å². The predicted molar refractivity (Wildman–Crippen MR) is 64.4 cm³/mol. The van der Waals surface area contributed by atoms with E-state index >= 15 is 0 Å². The first-order valence-electron chi connectivity index (χ1n) is 5.42. The summed E-state index contributed by atoms with van der Waals surface area (Å²) in [4.78, 5) is 2.40. The van der Waals surface area contributed by atoms with Crippen LogP contribution in [0.25, 0.3) is 0 Å². The van der Waals surface area contributed by atoms with Crippen LogP contribution in [0.1, 0.15) is 5.56 Å². The molecule has 0 spiro atoms. The lowest BCUT2D eigenvalue weighted by Gasteiger charge is -2.33. The molecule has 1 aromatic carbocycles. The van der Waals surface area contributed by atoms with E-state index in [1.54, 1.807) is 0 Å². The van der Waals surface area contributed by atoms with Gasteiger partial charge in [0.25, 0.3) is 0 Å². The highest BCUT2D eigenvalue weighted by atomic mass is 35.5. The van der Waals surface area contributed by atoms with Gasteiger partial charge in [0.15, 0.2) is 0 Å². The topological polar surface area (TPSA) is 15.3 Å². The van der Waals surface area contributed by atoms with Crippen molar-refractivity contribution in [3.63, 3.8) is 0 Å². The number of benzene rings is 1. The quantitative estimate of drug-likeness (QED) is 0.824. The van der Waals surface area contributed by atoms with Crippen LogP contribution >= 0.6 is 11.6 Å². The molecule has 0 radical (unpaired) electrons. The van der Waals surface area contributed by atoms with Crippen LogP contribution < -0.4 is 5.32 Å². The second kappa shape index (κ2) is 4.97. The van der Waals surface area contributed by atoms with Gasteiger partial charge in [0.1, 0.15) is 0 Å². The van der Waals surface area contributed by atoms with Gasteiger partial charge in [-0.25, -0.2) is 0 Å². The van der Waals surface area contributed by atoms with Crippen LogP contribution in [0.2, 0.25) is 5.02 Å². The molecule has 2 nitrogen and oxygen atoms in total. The number of nitrogens with one attached hydrogen (secondary N) is 1. The highest BCUT2D eigenvalue weighted by molar-refractivity contribution is 6.31. The largest absolute Gasteiger partial charge is 0.314 e. The molecule has 1 aliphatic rings. The molecule has 3 heteroatoms. The molecular formula is C12H17ClN2. The first-order valence-corrected chi connectivity index (χ1v) is 5.79. The average molecular weight is 225 g/mol. The number of piperazine rings is 1. The predicted octanol–water partition coefficient (Wildman–Crippen LogP) is 1.79. The summed E-state index contributed by atoms with van der Waals surface area (Å²) in [6.45, 7) is 3.27. The monoisotopic (exact) mass is 224 g/mol. The Morgan fingerprint density at radius 3 is 3.00 bits per heavy atom. The molecule has 82 valence electrons. The molecule has 0 aliphatic carbocycles. The maximum absolute atomic E-state index is 6.15. The Morgan fingerprint density at radius 2 is 2.27 bits per heavy atom. The third-order valence-corrected chi connectivity index (χ3v) is 3.43. The maximum atomic E-state index is 6.15. The van der Waals surface area contributed by atoms with Crippen LogP contribution in [0, 0.1) is 0 Å². The summed E-state index contributed by atoms with van der Waals surface area (Å²) in [5.74, 6) is 0. The molecule has 1 aliphatic heterocycles. The van der Waals surface area contributed by atoms with Crippen molar-refractivity contribution >= 4 is 11.6 Å². The van der Waals surface area contributed by atoms with E-state index in [0.29, 0.717) is 6.04 Å². The summed E-state index contributed by atoms with van der Waals surface area (Å²) >= 11 is 6.15. The number of rotatable bonds is 2. The van der Waals surface area contributed by atoms with Gasteiger partial charge in [-0.3, -0.25) is 0 Å². The van der Waals surface area contributed by atoms with Gasteiger partial charge in [0.2, 0.25) is 0 Å². The maximum Gasteiger partial charge on any atom is 0.0438 e. The Bertz CT molecular complexity index is 327. The van der Waals surface area contributed by atoms with Crippen molar-refractivity contribution in [1.82, 2.24) is 10.2 Å². The molecule has 0 saturated carbocycles. The van der Waals surface area contributed by atoms with Crippen molar-refractivity contribution in [1.29, 1.82) is 0 Å². The highest BCUT2D eigenvalue weighted by Gasteiger charge is 2.19. The third-order valence-electron chi connectivity index (χ3n) is 3.06. The van der Waals surface area contributed by atoms with E-state index in [4.69, 9.17) is 11.6 Å². The summed E-state index contributed by atoms with van der Waals surface area (Å²) in [5.41, 5.74) is 1.25. The van der Waals surface area contributed by atoms with Crippen molar-refractivity contribution in [3.05, 3.63) is 34.9 Å². The lowest BCUT2D eigenvalue weighted by atomic mass is 10.0. The first kappa shape index (κ1) is 10.9. The molecule has 2 rings (SSSR count). The Morgan fingerprint density at radius 1 is 1.47 bits per heavy atom. The van der Waals surface area contributed by atoms with Gasteiger partial charge in [-0.05, 0) is 25.1 Å². The number of likely N-dealkylation sites (N-methyl/N-ethyl adjacent to an activating group) is 1. The van der Waals surface area contributed by atoms with Crippen LogP contribution in [0.15, 0.2) is 24.3 Å². The summed E-state index contributed by atoms with van der Waals surface area (Å²) in [7, 11) is 2.18. The molecule has 1 N–H and O–H groups in total. The zero-order chi connectivity index (χ0) is 10.7. The van der Waals surface area contributed by atoms with Crippen LogP contribution in [0.5, 0.6) is 0 Å². The fourth-order valence-electron chi connectivity index (χ4n) is 2.01. The van der Waals surface area contributed by atoms with Crippen molar-refractivity contribution in [2.24, 2.45) is 0 Å². The molecule has 1 unspecified atom stereocenters. The second-order valence-corrected chi connectivity index (χ2v) is 4.54. The van der Waals surface area contributed by atoms with Crippen LogP contribution in [-0.4, -0.2) is 37.6 Å². The van der Waals surface area contributed by atoms with Crippen molar-refractivity contribution < 1.29 is 0 Å². The molecule has 15 heavy (non-hydrogen) atoms. The molecule has 1 atom stereocenters. The lowest BCUT2D eigenvalue weighted by Crippen LogP contribution is -2.50. The summed E-state index contributed by atoms with van der Waals surface area (Å²) in [6, 6.07) is 8.68. The summed E-state index contributed by atoms with van der Waals surface area (Å²) in [6.07, 6.45) is 1.03. The van der Waals surface area contributed by atoms with Crippen molar-refractivity contribution in [2.45, 2.75) is 12.5 Å². The number of hydrogen-bond donors (Lipinski definition) is 1. The van der Waals surface area contributed by atoms with Gasteiger partial charge in [-0.15, -0.1) is 0 Å². The first-order chi connectivity index (χ1) is 7.27. The second-order valence-electron chi connectivity index (χ2n) is 4.13. The van der Waals surface area contributed by atoms with Crippen LogP contribution in [0.4, 0.5) is 0 Å². The molecule has 1 aromatic rings. The van der Waals surface area contributed by atoms with E-state index in [1.165, 1.54) is 5.56 Å². The summed E-state index contributed by atoms with van der Waals surface area (Å²) in [5, 5.41) is 4.31. The van der Waals surface area contributed by atoms with Crippen molar-refractivity contribution in [3.8, 4) is 0 Å². The zero-order valence-corrected chi connectivity index (χ0v) is 9.80. The van der Waals surface area contributed by atoms with E-state index in [2.05, 4.69) is 29.4 Å². The molecule has 1 heterocycles. The van der Waals surface area contributed by atoms with E-state index in [0.717, 1.165) is 31.1 Å². The Hall–Kier alpha value is -0.570. The molecule has 0 amide bonds. The standard InChI is InChI=1S/C12H17ClN2/c1-15-7-6-14-9-11(15)8-10-4-2-3-5-12(10)13/h2-5,11,14H,6-9H2,1H3. The third kappa shape index (κ3) is 2.71. The minimum atomic E-state index is 0.568. The van der Waals surface area contributed by atoms with Crippen LogP contribution in [-0.2, 0) is 6.42 Å². The van der Waals surface area contributed by atoms with Gasteiger partial charge in [-0.2, -0.15) is 0 Å². The minimum absolute atomic E-state index is 0.568. The van der Waals surface area contributed by atoms with Gasteiger partial charge in [-0.1, -0.05) is 29.8 Å². The Balaban J connectivity index is 2.04. The summed E-state index contributed by atoms with van der Waals surface area (Å²) < 4.78 is 0. The van der Waals surface area contributed by atoms with E-state index in [-0.39, 0.29) is 0 Å². The SMILES string of the molecule is CN1CCNCC1Cc1ccccc1Cl. The fraction of sp³-hybridized carbons (Fsp3) is 0.500.